The van der Waals surface area contributed by atoms with Crippen molar-refractivity contribution in [3.63, 3.8) is 0 Å². The van der Waals surface area contributed by atoms with E-state index in [9.17, 15) is 0 Å². The third-order valence-corrected chi connectivity index (χ3v) is 3.81. The van der Waals surface area contributed by atoms with E-state index in [1.54, 1.807) is 12.4 Å². The van der Waals surface area contributed by atoms with Gasteiger partial charge in [0.25, 0.3) is 0 Å². The molecule has 1 saturated carbocycles. The Hall–Kier alpha value is -1.88. The fraction of sp³-hybridized carbons (Fsp3) is 0.467. The molecule has 0 bridgehead atoms. The highest BCUT2D eigenvalue weighted by molar-refractivity contribution is 5.74. The van der Waals surface area contributed by atoms with Gasteiger partial charge in [0.2, 0.25) is 0 Å². The fourth-order valence-corrected chi connectivity index (χ4v) is 2.77. The highest BCUT2D eigenvalue weighted by Gasteiger charge is 2.31. The molecule has 3 rings (SSSR count). The van der Waals surface area contributed by atoms with Crippen molar-refractivity contribution in [1.82, 2.24) is 10.1 Å². The van der Waals surface area contributed by atoms with E-state index in [4.69, 9.17) is 15.0 Å². The highest BCUT2D eigenvalue weighted by Crippen LogP contribution is 2.37. The Bertz CT molecular complexity index is 562. The molecule has 0 saturated heterocycles. The first-order valence-electron chi connectivity index (χ1n) is 7.04. The molecule has 1 fully saturated rings. The van der Waals surface area contributed by atoms with E-state index in [1.807, 2.05) is 19.1 Å². The number of rotatable bonds is 5. The molecule has 106 valence electrons. The van der Waals surface area contributed by atoms with E-state index in [1.165, 1.54) is 0 Å². The molecule has 20 heavy (non-hydrogen) atoms. The lowest BCUT2D eigenvalue weighted by Gasteiger charge is -2.34. The van der Waals surface area contributed by atoms with Crippen molar-refractivity contribution >= 4 is 5.82 Å². The lowest BCUT2D eigenvalue weighted by atomic mass is 9.79. The molecule has 0 unspecified atom stereocenters. The number of aromatic nitrogens is 2. The summed E-state index contributed by atoms with van der Waals surface area (Å²) in [7, 11) is 0. The third kappa shape index (κ3) is 2.54. The predicted molar refractivity (Wildman–Crippen MR) is 76.0 cm³/mol. The van der Waals surface area contributed by atoms with Crippen molar-refractivity contribution < 1.29 is 9.26 Å². The van der Waals surface area contributed by atoms with Crippen LogP contribution in [0.25, 0.3) is 11.1 Å². The van der Waals surface area contributed by atoms with Crippen LogP contribution in [0.1, 0.15) is 25.5 Å². The number of pyridine rings is 1. The smallest absolute Gasteiger partial charge is 0.175 e. The number of hydrogen-bond donors (Lipinski definition) is 1. The summed E-state index contributed by atoms with van der Waals surface area (Å²) in [6.45, 7) is 2.82. The zero-order valence-electron chi connectivity index (χ0n) is 11.6. The van der Waals surface area contributed by atoms with Crippen molar-refractivity contribution in [2.24, 2.45) is 5.92 Å². The maximum absolute atomic E-state index is 5.93. The van der Waals surface area contributed by atoms with E-state index < -0.39 is 0 Å². The molecule has 2 aromatic heterocycles. The van der Waals surface area contributed by atoms with Gasteiger partial charge in [-0.15, -0.1) is 0 Å². The Morgan fingerprint density at radius 2 is 2.30 bits per heavy atom. The van der Waals surface area contributed by atoms with Crippen LogP contribution in [-0.2, 0) is 11.2 Å². The zero-order chi connectivity index (χ0) is 13.9. The van der Waals surface area contributed by atoms with Gasteiger partial charge in [-0.2, -0.15) is 0 Å². The first-order chi connectivity index (χ1) is 9.78. The fourth-order valence-electron chi connectivity index (χ4n) is 2.77. The largest absolute Gasteiger partial charge is 0.380 e. The monoisotopic (exact) mass is 273 g/mol. The van der Waals surface area contributed by atoms with Crippen molar-refractivity contribution in [3.05, 3.63) is 30.3 Å². The van der Waals surface area contributed by atoms with Crippen molar-refractivity contribution in [2.45, 2.75) is 32.3 Å². The second-order valence-electron chi connectivity index (χ2n) is 5.23. The number of hydrogen-bond acceptors (Lipinski definition) is 5. The van der Waals surface area contributed by atoms with Gasteiger partial charge in [-0.25, -0.2) is 0 Å². The maximum Gasteiger partial charge on any atom is 0.175 e. The molecule has 0 spiro atoms. The average molecular weight is 273 g/mol. The first-order valence-corrected chi connectivity index (χ1v) is 7.04. The Morgan fingerprint density at radius 3 is 3.00 bits per heavy atom. The summed E-state index contributed by atoms with van der Waals surface area (Å²) in [6, 6.07) is 3.86. The van der Waals surface area contributed by atoms with Crippen LogP contribution in [0.15, 0.2) is 29.0 Å². The summed E-state index contributed by atoms with van der Waals surface area (Å²) in [5.41, 5.74) is 7.77. The number of nitrogens with two attached hydrogens (primary N) is 1. The van der Waals surface area contributed by atoms with E-state index in [2.05, 4.69) is 10.1 Å². The zero-order valence-corrected chi connectivity index (χ0v) is 11.6. The number of nitrogen functional groups attached to an aromatic ring is 1. The normalized spacial score (nSPS) is 21.6. The summed E-state index contributed by atoms with van der Waals surface area (Å²) in [5, 5.41) is 3.90. The summed E-state index contributed by atoms with van der Waals surface area (Å²) < 4.78 is 11.0. The van der Waals surface area contributed by atoms with Gasteiger partial charge in [-0.1, -0.05) is 11.2 Å². The van der Waals surface area contributed by atoms with E-state index >= 15 is 0 Å². The van der Waals surface area contributed by atoms with Crippen LogP contribution in [0.5, 0.6) is 0 Å². The number of nitrogens with zero attached hydrogens (tertiary/aromatic N) is 2. The molecule has 0 atom stereocenters. The molecular weight excluding hydrogens is 254 g/mol. The van der Waals surface area contributed by atoms with Crippen LogP contribution in [0.4, 0.5) is 5.82 Å². The molecule has 1 aliphatic carbocycles. The molecule has 0 amide bonds. The molecule has 0 aromatic carbocycles. The van der Waals surface area contributed by atoms with Gasteiger partial charge in [0.15, 0.2) is 5.82 Å². The number of anilines is 1. The molecule has 2 aromatic rings. The topological polar surface area (TPSA) is 74.2 Å². The molecule has 0 aliphatic heterocycles. The van der Waals surface area contributed by atoms with Crippen molar-refractivity contribution in [2.75, 3.05) is 12.3 Å². The van der Waals surface area contributed by atoms with Crippen LogP contribution in [0.3, 0.4) is 0 Å². The lowest BCUT2D eigenvalue weighted by Crippen LogP contribution is -2.32. The van der Waals surface area contributed by atoms with Crippen LogP contribution < -0.4 is 5.73 Å². The molecule has 0 radical (unpaired) electrons. The van der Waals surface area contributed by atoms with E-state index in [0.29, 0.717) is 17.8 Å². The summed E-state index contributed by atoms with van der Waals surface area (Å²) >= 11 is 0. The third-order valence-electron chi connectivity index (χ3n) is 3.81. The molecule has 5 nitrogen and oxygen atoms in total. The minimum absolute atomic E-state index is 0.409. The maximum atomic E-state index is 5.93. The van der Waals surface area contributed by atoms with Gasteiger partial charge >= 0.3 is 0 Å². The second-order valence-corrected chi connectivity index (χ2v) is 5.23. The predicted octanol–water partition coefficient (Wildman–Crippen LogP) is 2.68. The van der Waals surface area contributed by atoms with Crippen LogP contribution in [-0.4, -0.2) is 22.9 Å². The van der Waals surface area contributed by atoms with Crippen molar-refractivity contribution in [1.29, 1.82) is 0 Å². The summed E-state index contributed by atoms with van der Waals surface area (Å²) in [5.74, 6) is 1.89. The molecule has 1 aliphatic rings. The van der Waals surface area contributed by atoms with Gasteiger partial charge in [0, 0.05) is 31.0 Å². The highest BCUT2D eigenvalue weighted by atomic mass is 16.5. The average Bonchev–Trinajstić information content (AvgIpc) is 2.78. The van der Waals surface area contributed by atoms with E-state index in [-0.39, 0.29) is 0 Å². The minimum Gasteiger partial charge on any atom is -0.380 e. The van der Waals surface area contributed by atoms with E-state index in [0.717, 1.165) is 42.8 Å². The summed E-state index contributed by atoms with van der Waals surface area (Å²) in [6.07, 6.45) is 6.97. The van der Waals surface area contributed by atoms with Crippen LogP contribution >= 0.6 is 0 Å². The Kier molecular flexibility index (Phi) is 3.69. The minimum atomic E-state index is 0.409. The van der Waals surface area contributed by atoms with Crippen molar-refractivity contribution in [3.8, 4) is 11.1 Å². The summed E-state index contributed by atoms with van der Waals surface area (Å²) in [4.78, 5) is 4.13. The standard InChI is InChI=1S/C15H19N3O2/c1-2-19-12-6-10(7-12)8-13-14(15(16)18-20-13)11-4-3-5-17-9-11/h3-5,9-10,12H,2,6-8H2,1H3,(H2,16,18). The second kappa shape index (κ2) is 5.63. The van der Waals surface area contributed by atoms with Crippen LogP contribution in [0.2, 0.25) is 0 Å². The molecule has 2 N–H and O–H groups in total. The lowest BCUT2D eigenvalue weighted by molar-refractivity contribution is -0.0254. The SMILES string of the molecule is CCOC1CC(Cc2onc(N)c2-c2cccnc2)C1. The number of ether oxygens (including phenoxy) is 1. The Balaban J connectivity index is 1.72. The van der Waals surface area contributed by atoms with Gasteiger partial charge in [0.05, 0.1) is 11.7 Å². The van der Waals surface area contributed by atoms with Gasteiger partial charge in [0.1, 0.15) is 5.76 Å². The van der Waals surface area contributed by atoms with Gasteiger partial charge < -0.3 is 15.0 Å². The molecule has 5 heteroatoms. The quantitative estimate of drug-likeness (QED) is 0.906. The first kappa shape index (κ1) is 13.1. The Morgan fingerprint density at radius 1 is 1.45 bits per heavy atom. The molecule has 2 heterocycles. The Labute approximate surface area is 118 Å². The van der Waals surface area contributed by atoms with Crippen LogP contribution in [0, 0.1) is 5.92 Å². The van der Waals surface area contributed by atoms with Gasteiger partial charge in [-0.05, 0) is 31.7 Å². The van der Waals surface area contributed by atoms with Gasteiger partial charge in [-0.3, -0.25) is 4.98 Å². The molecular formula is C15H19N3O2.